The predicted octanol–water partition coefficient (Wildman–Crippen LogP) is 5.58. The lowest BCUT2D eigenvalue weighted by atomic mass is 10.0. The molecule has 7 rings (SSSR count). The molecule has 0 spiro atoms. The Morgan fingerprint density at radius 3 is 2.71 bits per heavy atom. The number of carboxylic acids is 1. The molecule has 0 aliphatic carbocycles. The minimum Gasteiger partial charge on any atom is -0.478 e. The summed E-state index contributed by atoms with van der Waals surface area (Å²) in [4.78, 5) is 23.9. The van der Waals surface area contributed by atoms with Crippen LogP contribution in [-0.4, -0.2) is 54.3 Å². The number of benzene rings is 3. The molecule has 1 saturated heterocycles. The van der Waals surface area contributed by atoms with Gasteiger partial charge in [-0.3, -0.25) is 4.90 Å². The number of hydrogen-bond acceptors (Lipinski definition) is 5. The molecule has 2 aromatic heterocycles. The van der Waals surface area contributed by atoms with Crippen molar-refractivity contribution in [1.82, 2.24) is 24.0 Å². The number of aryl methyl sites for hydroxylation is 1. The SMILES string of the molecule is Cc1cc(Cc2ccc(Cl)cc2F)c2nc3n(c2c1)CCN(Cc1nc2ccc(C(=O)O)cc2n1C[C@@H]1CCO1)C3. The first-order valence-electron chi connectivity index (χ1n) is 13.8. The molecule has 1 atom stereocenters. The number of nitrogens with zero attached hydrogens (tertiary/aromatic N) is 5. The first-order valence-corrected chi connectivity index (χ1v) is 14.2. The average molecular weight is 574 g/mol. The third-order valence-electron chi connectivity index (χ3n) is 8.18. The van der Waals surface area contributed by atoms with E-state index in [1.165, 1.54) is 6.07 Å². The Hall–Kier alpha value is -3.79. The van der Waals surface area contributed by atoms with Crippen molar-refractivity contribution in [2.75, 3.05) is 13.2 Å². The van der Waals surface area contributed by atoms with E-state index in [1.54, 1.807) is 30.3 Å². The quantitative estimate of drug-likeness (QED) is 0.274. The van der Waals surface area contributed by atoms with Crippen LogP contribution < -0.4 is 0 Å². The number of halogens is 2. The highest BCUT2D eigenvalue weighted by atomic mass is 35.5. The van der Waals surface area contributed by atoms with Gasteiger partial charge in [-0.15, -0.1) is 0 Å². The van der Waals surface area contributed by atoms with E-state index in [1.807, 2.05) is 0 Å². The largest absolute Gasteiger partial charge is 0.478 e. The van der Waals surface area contributed by atoms with Gasteiger partial charge in [0.05, 0.1) is 53.4 Å². The number of aromatic carboxylic acids is 1. The normalized spacial score (nSPS) is 17.2. The Morgan fingerprint density at radius 2 is 1.95 bits per heavy atom. The smallest absolute Gasteiger partial charge is 0.335 e. The van der Waals surface area contributed by atoms with E-state index < -0.39 is 5.97 Å². The van der Waals surface area contributed by atoms with Crippen molar-refractivity contribution in [1.29, 1.82) is 0 Å². The molecule has 1 N–H and O–H groups in total. The van der Waals surface area contributed by atoms with E-state index in [0.29, 0.717) is 36.6 Å². The van der Waals surface area contributed by atoms with Crippen molar-refractivity contribution in [2.45, 2.75) is 52.0 Å². The number of fused-ring (bicyclic) bond motifs is 4. The third-order valence-corrected chi connectivity index (χ3v) is 8.41. The molecule has 0 saturated carbocycles. The van der Waals surface area contributed by atoms with Crippen LogP contribution in [0.4, 0.5) is 4.39 Å². The molecular weight excluding hydrogens is 545 g/mol. The number of aromatic nitrogens is 4. The molecule has 3 aromatic carbocycles. The summed E-state index contributed by atoms with van der Waals surface area (Å²) in [6.07, 6.45) is 1.53. The molecule has 210 valence electrons. The topological polar surface area (TPSA) is 85.4 Å². The van der Waals surface area contributed by atoms with Gasteiger partial charge in [0.2, 0.25) is 0 Å². The first-order chi connectivity index (χ1) is 19.8. The number of carbonyl (C=O) groups is 1. The Labute approximate surface area is 240 Å². The van der Waals surface area contributed by atoms with Crippen LogP contribution in [0.3, 0.4) is 0 Å². The van der Waals surface area contributed by atoms with Crippen LogP contribution in [0.15, 0.2) is 48.5 Å². The molecule has 0 amide bonds. The van der Waals surface area contributed by atoms with Crippen molar-refractivity contribution in [2.24, 2.45) is 0 Å². The molecule has 1 fully saturated rings. The monoisotopic (exact) mass is 573 g/mol. The zero-order valence-electron chi connectivity index (χ0n) is 22.6. The fourth-order valence-corrected chi connectivity index (χ4v) is 6.15. The van der Waals surface area contributed by atoms with Crippen LogP contribution in [0.1, 0.15) is 45.1 Å². The maximum atomic E-state index is 14.6. The van der Waals surface area contributed by atoms with Gasteiger partial charge in [-0.1, -0.05) is 23.7 Å². The van der Waals surface area contributed by atoms with Gasteiger partial charge in [-0.05, 0) is 66.4 Å². The highest BCUT2D eigenvalue weighted by molar-refractivity contribution is 6.30. The lowest BCUT2D eigenvalue weighted by Crippen LogP contribution is -2.35. The van der Waals surface area contributed by atoms with Gasteiger partial charge in [-0.2, -0.15) is 0 Å². The van der Waals surface area contributed by atoms with Crippen LogP contribution in [0.5, 0.6) is 0 Å². The van der Waals surface area contributed by atoms with Gasteiger partial charge >= 0.3 is 5.97 Å². The van der Waals surface area contributed by atoms with Gasteiger partial charge in [0.15, 0.2) is 0 Å². The Kier molecular flexibility index (Phi) is 6.53. The van der Waals surface area contributed by atoms with Crippen LogP contribution in [0.2, 0.25) is 5.02 Å². The zero-order valence-corrected chi connectivity index (χ0v) is 23.4. The summed E-state index contributed by atoms with van der Waals surface area (Å²) >= 11 is 5.97. The zero-order chi connectivity index (χ0) is 28.2. The van der Waals surface area contributed by atoms with E-state index in [9.17, 15) is 14.3 Å². The van der Waals surface area contributed by atoms with E-state index >= 15 is 0 Å². The lowest BCUT2D eigenvalue weighted by Gasteiger charge is -2.30. The molecule has 0 radical (unpaired) electrons. The Balaban J connectivity index is 1.19. The van der Waals surface area contributed by atoms with E-state index in [-0.39, 0.29) is 17.5 Å². The van der Waals surface area contributed by atoms with Crippen molar-refractivity contribution in [3.05, 3.63) is 93.3 Å². The predicted molar refractivity (Wildman–Crippen MR) is 154 cm³/mol. The van der Waals surface area contributed by atoms with Crippen LogP contribution >= 0.6 is 11.6 Å². The second kappa shape index (κ2) is 10.2. The number of carboxylic acid groups (broad SMARTS) is 1. The standard InChI is InChI=1S/C31H29ClFN5O3/c1-18-10-21(12-19-2-4-22(32)14-24(19)33)30-27(11-18)37-8-7-36(17-29(37)35-30)16-28-34-25-5-3-20(31(39)40)13-26(25)38(28)15-23-6-9-41-23/h2-5,10-11,13-14,23H,6-9,12,15-17H2,1H3,(H,39,40)/t23-/m0/s1. The van der Waals surface area contributed by atoms with Gasteiger partial charge in [0.25, 0.3) is 0 Å². The summed E-state index contributed by atoms with van der Waals surface area (Å²) < 4.78 is 24.7. The minimum absolute atomic E-state index is 0.109. The van der Waals surface area contributed by atoms with Crippen molar-refractivity contribution in [3.63, 3.8) is 0 Å². The lowest BCUT2D eigenvalue weighted by molar-refractivity contribution is -0.0592. The highest BCUT2D eigenvalue weighted by Gasteiger charge is 2.26. The van der Waals surface area contributed by atoms with Crippen molar-refractivity contribution in [3.8, 4) is 0 Å². The summed E-state index contributed by atoms with van der Waals surface area (Å²) in [6.45, 7) is 6.30. The van der Waals surface area contributed by atoms with E-state index in [2.05, 4.69) is 33.1 Å². The molecule has 41 heavy (non-hydrogen) atoms. The van der Waals surface area contributed by atoms with Crippen LogP contribution in [-0.2, 0) is 37.3 Å². The van der Waals surface area contributed by atoms with Gasteiger partial charge in [0, 0.05) is 31.1 Å². The first kappa shape index (κ1) is 26.1. The summed E-state index contributed by atoms with van der Waals surface area (Å²) in [7, 11) is 0. The molecule has 0 unspecified atom stereocenters. The minimum atomic E-state index is -0.954. The molecule has 4 heterocycles. The maximum absolute atomic E-state index is 14.6. The fraction of sp³-hybridized carbons (Fsp3) is 0.323. The van der Waals surface area contributed by atoms with Gasteiger partial charge in [-0.25, -0.2) is 19.2 Å². The number of imidazole rings is 2. The van der Waals surface area contributed by atoms with Crippen LogP contribution in [0, 0.1) is 12.7 Å². The third kappa shape index (κ3) is 4.88. The number of ether oxygens (including phenoxy) is 1. The molecule has 2 aliphatic rings. The molecule has 2 aliphatic heterocycles. The number of rotatable bonds is 7. The Bertz CT molecular complexity index is 1830. The maximum Gasteiger partial charge on any atom is 0.335 e. The number of hydrogen-bond donors (Lipinski definition) is 1. The highest BCUT2D eigenvalue weighted by Crippen LogP contribution is 2.29. The van der Waals surface area contributed by atoms with Crippen LogP contribution in [0.25, 0.3) is 22.1 Å². The van der Waals surface area contributed by atoms with E-state index in [0.717, 1.165) is 71.0 Å². The summed E-state index contributed by atoms with van der Waals surface area (Å²) in [5, 5.41) is 9.93. The van der Waals surface area contributed by atoms with E-state index in [4.69, 9.17) is 26.3 Å². The molecular formula is C31H29ClFN5O3. The second-order valence-electron chi connectivity index (χ2n) is 11.0. The fourth-order valence-electron chi connectivity index (χ4n) is 5.99. The second-order valence-corrected chi connectivity index (χ2v) is 11.5. The van der Waals surface area contributed by atoms with Gasteiger partial charge < -0.3 is 19.0 Å². The summed E-state index contributed by atoms with van der Waals surface area (Å²) in [5.74, 6) is 0.586. The Morgan fingerprint density at radius 1 is 1.10 bits per heavy atom. The van der Waals surface area contributed by atoms with Crippen molar-refractivity contribution >= 4 is 39.6 Å². The van der Waals surface area contributed by atoms with Crippen molar-refractivity contribution < 1.29 is 19.0 Å². The van der Waals surface area contributed by atoms with Gasteiger partial charge in [0.1, 0.15) is 17.5 Å². The molecule has 8 nitrogen and oxygen atoms in total. The molecule has 5 aromatic rings. The molecule has 0 bridgehead atoms. The average Bonchev–Trinajstić information content (AvgIpc) is 3.44. The summed E-state index contributed by atoms with van der Waals surface area (Å²) in [6, 6.07) is 14.1. The molecule has 10 heteroatoms. The summed E-state index contributed by atoms with van der Waals surface area (Å²) in [5.41, 5.74) is 6.51.